The Morgan fingerprint density at radius 3 is 2.41 bits per heavy atom. The molecule has 4 aromatic heterocycles. The van der Waals surface area contributed by atoms with E-state index in [9.17, 15) is 24.3 Å². The van der Waals surface area contributed by atoms with Crippen molar-refractivity contribution in [2.75, 3.05) is 26.3 Å². The Hall–Kier alpha value is -6.12. The molecule has 0 bridgehead atoms. The first-order valence-corrected chi connectivity index (χ1v) is 24.8. The number of hydrogen-bond donors (Lipinski definition) is 4. The zero-order valence-electron chi connectivity index (χ0n) is 39.6. The summed E-state index contributed by atoms with van der Waals surface area (Å²) in [6, 6.07) is 14.4. The average molecular weight is 995 g/mol. The molecule has 4 atom stereocenters. The lowest BCUT2D eigenvalue weighted by Gasteiger charge is -2.35. The maximum absolute atomic E-state index is 14.2. The molecule has 362 valence electrons. The van der Waals surface area contributed by atoms with Gasteiger partial charge in [-0.15, -0.1) is 32.9 Å². The first-order chi connectivity index (χ1) is 33.0. The Morgan fingerprint density at radius 1 is 0.957 bits per heavy atom. The highest BCUT2D eigenvalue weighted by atomic mass is 35.5. The topological polar surface area (TPSA) is 211 Å². The number of likely N-dealkylation sites (tertiary alicyclic amines) is 1. The highest BCUT2D eigenvalue weighted by Gasteiger charge is 2.45. The number of carbonyl (C=O) groups is 4. The van der Waals surface area contributed by atoms with Crippen molar-refractivity contribution >= 4 is 63.6 Å². The molecule has 2 aromatic carbocycles. The molecule has 0 unspecified atom stereocenters. The predicted molar refractivity (Wildman–Crippen MR) is 265 cm³/mol. The molecular formula is C49H56ClN11O6S2. The van der Waals surface area contributed by atoms with Crippen LogP contribution in [0.2, 0.25) is 5.02 Å². The second-order valence-electron chi connectivity index (χ2n) is 18.4. The molecule has 20 heteroatoms. The van der Waals surface area contributed by atoms with Gasteiger partial charge in [-0.2, -0.15) is 5.10 Å². The molecule has 8 rings (SSSR count). The number of carbonyl (C=O) groups excluding carboxylic acids is 4. The van der Waals surface area contributed by atoms with Gasteiger partial charge in [-0.3, -0.25) is 33.4 Å². The number of amides is 4. The zero-order chi connectivity index (χ0) is 49.1. The van der Waals surface area contributed by atoms with E-state index in [1.165, 1.54) is 4.90 Å². The van der Waals surface area contributed by atoms with Gasteiger partial charge in [0.25, 0.3) is 5.91 Å². The number of hydrogen-bond acceptors (Lipinski definition) is 13. The normalized spacial score (nSPS) is 17.1. The molecule has 6 aromatic rings. The van der Waals surface area contributed by atoms with Gasteiger partial charge in [-0.25, -0.2) is 4.98 Å². The number of aliphatic imine (C=N–C) groups is 1. The fourth-order valence-electron chi connectivity index (χ4n) is 8.50. The molecule has 0 saturated carbocycles. The van der Waals surface area contributed by atoms with E-state index < -0.39 is 41.5 Å². The number of aromatic nitrogens is 6. The van der Waals surface area contributed by atoms with Gasteiger partial charge in [0.15, 0.2) is 5.82 Å². The van der Waals surface area contributed by atoms with E-state index in [2.05, 4.69) is 50.1 Å². The number of thiophene rings is 1. The summed E-state index contributed by atoms with van der Waals surface area (Å²) in [6.45, 7) is 14.8. The monoisotopic (exact) mass is 993 g/mol. The fourth-order valence-corrected chi connectivity index (χ4v) is 10.6. The molecule has 1 fully saturated rings. The van der Waals surface area contributed by atoms with E-state index >= 15 is 0 Å². The first kappa shape index (κ1) is 49.3. The van der Waals surface area contributed by atoms with Crippen LogP contribution >= 0.6 is 34.3 Å². The number of β-amino-alcohol motifs (C(OH)–C–C–N with tert-alkyl or cyclic N) is 1. The number of aliphatic hydroxyl groups is 1. The molecular weight excluding hydrogens is 938 g/mol. The van der Waals surface area contributed by atoms with Crippen molar-refractivity contribution in [1.29, 1.82) is 0 Å². The maximum atomic E-state index is 14.2. The minimum absolute atomic E-state index is 0.0404. The second-order valence-corrected chi connectivity index (χ2v) is 20.9. The molecule has 0 aliphatic carbocycles. The van der Waals surface area contributed by atoms with Crippen molar-refractivity contribution in [2.45, 2.75) is 98.6 Å². The number of aryl methyl sites for hydroxylation is 3. The van der Waals surface area contributed by atoms with Gasteiger partial charge in [-0.1, -0.05) is 68.8 Å². The Kier molecular flexibility index (Phi) is 14.9. The molecule has 2 aliphatic heterocycles. The first-order valence-electron chi connectivity index (χ1n) is 22.8. The average Bonchev–Trinajstić information content (AvgIpc) is 4.16. The van der Waals surface area contributed by atoms with Crippen LogP contribution in [-0.2, 0) is 32.2 Å². The Balaban J connectivity index is 0.816. The van der Waals surface area contributed by atoms with Crippen molar-refractivity contribution in [3.8, 4) is 15.4 Å². The van der Waals surface area contributed by atoms with Gasteiger partial charge >= 0.3 is 0 Å². The second kappa shape index (κ2) is 20.9. The largest absolute Gasteiger partial charge is 0.391 e. The molecule has 6 heterocycles. The van der Waals surface area contributed by atoms with E-state index in [4.69, 9.17) is 21.3 Å². The Morgan fingerprint density at radius 2 is 1.70 bits per heavy atom. The number of aliphatic hydroxyl groups excluding tert-OH is 1. The summed E-state index contributed by atoms with van der Waals surface area (Å²) in [5.74, 6) is -0.334. The molecule has 4 amide bonds. The van der Waals surface area contributed by atoms with Crippen molar-refractivity contribution in [1.82, 2.24) is 50.4 Å². The van der Waals surface area contributed by atoms with Crippen LogP contribution in [0.4, 0.5) is 0 Å². The Bertz CT molecular complexity index is 2880. The number of thiazole rings is 1. The number of fused-ring (bicyclic) bond motifs is 3. The minimum atomic E-state index is -1.03. The molecule has 4 N–H and O–H groups in total. The molecule has 17 nitrogen and oxygen atoms in total. The summed E-state index contributed by atoms with van der Waals surface area (Å²) in [4.78, 5) is 67.8. The molecule has 0 spiro atoms. The van der Waals surface area contributed by atoms with Crippen LogP contribution in [0, 0.1) is 33.1 Å². The smallest absolute Gasteiger partial charge is 0.272 e. The van der Waals surface area contributed by atoms with E-state index in [-0.39, 0.29) is 63.2 Å². The van der Waals surface area contributed by atoms with E-state index in [1.54, 1.807) is 39.6 Å². The summed E-state index contributed by atoms with van der Waals surface area (Å²) in [7, 11) is 0. The standard InChI is InChI=1S/C49H56ClN11O6S2/c1-27-29(3)69-48-40(27)41(32-12-14-34(50)15-13-32)54-37(44-57-56-30(4)61(44)48)23-39(63)51-17-20-67-21-19-59-18-16-36(58-59)45(64)55-43(49(5,6)7)47(66)60-25-35(62)22-38(60)46(65)52-24-31-8-10-33(11-9-31)42-28(2)53-26-68-42/h8-16,18,26,35,37-38,43,62H,17,19-25H2,1-7H3,(H,51,63)(H,52,65)(H,55,64)/t35-,37+,38+,43-/m1/s1. The lowest BCUT2D eigenvalue weighted by Crippen LogP contribution is -2.57. The lowest BCUT2D eigenvalue weighted by atomic mass is 9.85. The quantitative estimate of drug-likeness (QED) is 0.0822. The van der Waals surface area contributed by atoms with Crippen LogP contribution in [0.15, 0.2) is 71.3 Å². The number of rotatable bonds is 16. The van der Waals surface area contributed by atoms with Crippen molar-refractivity contribution in [3.05, 3.63) is 121 Å². The van der Waals surface area contributed by atoms with Crippen molar-refractivity contribution < 1.29 is 29.0 Å². The van der Waals surface area contributed by atoms with Gasteiger partial charge in [0.1, 0.15) is 34.6 Å². The molecule has 0 radical (unpaired) electrons. The number of ether oxygens (including phenoxy) is 1. The predicted octanol–water partition coefficient (Wildman–Crippen LogP) is 6.07. The minimum Gasteiger partial charge on any atom is -0.391 e. The number of benzene rings is 2. The highest BCUT2D eigenvalue weighted by molar-refractivity contribution is 7.15. The van der Waals surface area contributed by atoms with E-state index in [1.807, 2.05) is 93.2 Å². The van der Waals surface area contributed by atoms with E-state index in [0.717, 1.165) is 54.0 Å². The van der Waals surface area contributed by atoms with Gasteiger partial charge in [-0.05, 0) is 68.0 Å². The van der Waals surface area contributed by atoms with Crippen LogP contribution in [-0.4, -0.2) is 113 Å². The molecule has 1 saturated heterocycles. The zero-order valence-corrected chi connectivity index (χ0v) is 42.0. The molecule has 69 heavy (non-hydrogen) atoms. The van der Waals surface area contributed by atoms with Gasteiger partial charge in [0.05, 0.1) is 54.1 Å². The summed E-state index contributed by atoms with van der Waals surface area (Å²) in [6.07, 6.45) is 0.870. The summed E-state index contributed by atoms with van der Waals surface area (Å²) < 4.78 is 9.40. The third-order valence-corrected chi connectivity index (χ3v) is 14.7. The third-order valence-electron chi connectivity index (χ3n) is 12.3. The Labute approximate surface area is 413 Å². The molecule has 2 aliphatic rings. The third kappa shape index (κ3) is 11.0. The van der Waals surface area contributed by atoms with Crippen molar-refractivity contribution in [3.63, 3.8) is 0 Å². The summed E-state index contributed by atoms with van der Waals surface area (Å²) in [5, 5.41) is 34.2. The number of nitrogens with one attached hydrogen (secondary N) is 3. The lowest BCUT2D eigenvalue weighted by molar-refractivity contribution is -0.142. The summed E-state index contributed by atoms with van der Waals surface area (Å²) >= 11 is 9.46. The van der Waals surface area contributed by atoms with Crippen LogP contribution in [0.3, 0.4) is 0 Å². The fraction of sp³-hybridized carbons (Fsp3) is 0.408. The van der Waals surface area contributed by atoms with Crippen LogP contribution in [0.25, 0.3) is 15.4 Å². The number of nitrogens with zero attached hydrogens (tertiary/aromatic N) is 8. The SMILES string of the molecule is Cc1ncsc1-c1ccc(CNC(=O)[C@@H]2C[C@@H](O)CN2C(=O)[C@@H](NC(=O)c2ccn(CCOCCNC(=O)C[C@@H]3N=C(c4ccc(Cl)cc4)c4c(sc(C)c4C)-n4c(C)nnc43)n2)C(C)(C)C)cc1. The van der Waals surface area contributed by atoms with Crippen molar-refractivity contribution in [2.24, 2.45) is 10.4 Å². The summed E-state index contributed by atoms with van der Waals surface area (Å²) in [5.41, 5.74) is 7.79. The number of halogens is 1. The van der Waals surface area contributed by atoms with E-state index in [0.29, 0.717) is 23.2 Å². The van der Waals surface area contributed by atoms with Crippen LogP contribution in [0.5, 0.6) is 0 Å². The van der Waals surface area contributed by atoms with Gasteiger partial charge < -0.3 is 30.7 Å². The van der Waals surface area contributed by atoms with Crippen LogP contribution in [0.1, 0.15) is 94.6 Å². The maximum Gasteiger partial charge on any atom is 0.272 e. The van der Waals surface area contributed by atoms with Gasteiger partial charge in [0.2, 0.25) is 17.7 Å². The van der Waals surface area contributed by atoms with Crippen LogP contribution < -0.4 is 16.0 Å². The highest BCUT2D eigenvalue weighted by Crippen LogP contribution is 2.40. The van der Waals surface area contributed by atoms with Gasteiger partial charge in [0, 0.05) is 53.3 Å².